The summed E-state index contributed by atoms with van der Waals surface area (Å²) < 4.78 is 0. The van der Waals surface area contributed by atoms with Crippen LogP contribution in [0.3, 0.4) is 0 Å². The Hall–Kier alpha value is -2.04. The maximum atomic E-state index is 12.7. The molecule has 1 unspecified atom stereocenters. The Bertz CT molecular complexity index is 568. The molecule has 1 aromatic rings. The molecule has 5 heteroatoms. The van der Waals surface area contributed by atoms with Crippen molar-refractivity contribution in [2.45, 2.75) is 44.8 Å². The third-order valence-corrected chi connectivity index (χ3v) is 4.35. The van der Waals surface area contributed by atoms with Crippen LogP contribution in [0.15, 0.2) is 24.3 Å². The van der Waals surface area contributed by atoms with Crippen LogP contribution in [0.1, 0.15) is 30.9 Å². The van der Waals surface area contributed by atoms with E-state index in [0.717, 1.165) is 24.0 Å². The zero-order valence-corrected chi connectivity index (χ0v) is 12.2. The van der Waals surface area contributed by atoms with Gasteiger partial charge in [0.05, 0.1) is 0 Å². The predicted octanol–water partition coefficient (Wildman–Crippen LogP) is 2.10. The first-order valence-corrected chi connectivity index (χ1v) is 7.48. The van der Waals surface area contributed by atoms with E-state index >= 15 is 0 Å². The highest BCUT2D eigenvalue weighted by molar-refractivity contribution is 5.84. The molecule has 2 amide bonds. The highest BCUT2D eigenvalue weighted by atomic mass is 16.4. The maximum Gasteiger partial charge on any atom is 0.326 e. The number of hydrogen-bond acceptors (Lipinski definition) is 2. The first kappa shape index (κ1) is 13.9. The second kappa shape index (κ2) is 5.39. The average Bonchev–Trinajstić information content (AvgIpc) is 3.31. The van der Waals surface area contributed by atoms with E-state index in [9.17, 15) is 14.7 Å². The Morgan fingerprint density at radius 2 is 1.95 bits per heavy atom. The van der Waals surface area contributed by atoms with Gasteiger partial charge >= 0.3 is 12.0 Å². The Labute approximate surface area is 124 Å². The molecule has 1 aromatic carbocycles. The van der Waals surface area contributed by atoms with E-state index in [-0.39, 0.29) is 6.03 Å². The van der Waals surface area contributed by atoms with E-state index in [1.807, 2.05) is 36.1 Å². The SMILES string of the molecule is CCN(C(=O)N1Cc2ccccc2CC1C(=O)O)C1CC1. The van der Waals surface area contributed by atoms with Crippen molar-refractivity contribution >= 4 is 12.0 Å². The summed E-state index contributed by atoms with van der Waals surface area (Å²) in [5.41, 5.74) is 2.08. The monoisotopic (exact) mass is 288 g/mol. The standard InChI is InChI=1S/C16H20N2O3/c1-2-17(13-7-8-13)16(21)18-10-12-6-4-3-5-11(12)9-14(18)15(19)20/h3-6,13-14H,2,7-10H2,1H3,(H,19,20). The Balaban J connectivity index is 1.88. The fraction of sp³-hybridized carbons (Fsp3) is 0.500. The lowest BCUT2D eigenvalue weighted by Crippen LogP contribution is -2.53. The van der Waals surface area contributed by atoms with Gasteiger partial charge in [0.1, 0.15) is 6.04 Å². The van der Waals surface area contributed by atoms with Crippen LogP contribution in [0, 0.1) is 0 Å². The summed E-state index contributed by atoms with van der Waals surface area (Å²) in [6, 6.07) is 7.17. The van der Waals surface area contributed by atoms with Gasteiger partial charge < -0.3 is 14.9 Å². The third kappa shape index (κ3) is 2.60. The van der Waals surface area contributed by atoms with Gasteiger partial charge in [0, 0.05) is 25.6 Å². The number of fused-ring (bicyclic) bond motifs is 1. The second-order valence-electron chi connectivity index (χ2n) is 5.75. The summed E-state index contributed by atoms with van der Waals surface area (Å²) in [6.45, 7) is 2.97. The quantitative estimate of drug-likeness (QED) is 0.926. The largest absolute Gasteiger partial charge is 0.480 e. The Kier molecular flexibility index (Phi) is 3.57. The lowest BCUT2D eigenvalue weighted by molar-refractivity contribution is -0.142. The summed E-state index contributed by atoms with van der Waals surface area (Å²) in [7, 11) is 0. The fourth-order valence-corrected chi connectivity index (χ4v) is 3.05. The van der Waals surface area contributed by atoms with E-state index in [0.29, 0.717) is 25.6 Å². The summed E-state index contributed by atoms with van der Waals surface area (Å²) in [4.78, 5) is 27.6. The van der Waals surface area contributed by atoms with Gasteiger partial charge in [-0.15, -0.1) is 0 Å². The number of amides is 2. The van der Waals surface area contributed by atoms with Crippen molar-refractivity contribution in [1.82, 2.24) is 9.80 Å². The normalized spacial score (nSPS) is 20.8. The molecular formula is C16H20N2O3. The van der Waals surface area contributed by atoms with E-state index in [2.05, 4.69) is 0 Å². The lowest BCUT2D eigenvalue weighted by atomic mass is 9.94. The number of nitrogens with zero attached hydrogens (tertiary/aromatic N) is 2. The van der Waals surface area contributed by atoms with Crippen LogP contribution in [0.25, 0.3) is 0 Å². The van der Waals surface area contributed by atoms with Gasteiger partial charge in [0.15, 0.2) is 0 Å². The third-order valence-electron chi connectivity index (χ3n) is 4.35. The van der Waals surface area contributed by atoms with Crippen molar-refractivity contribution in [2.24, 2.45) is 0 Å². The Morgan fingerprint density at radius 3 is 2.52 bits per heavy atom. The highest BCUT2D eigenvalue weighted by Gasteiger charge is 2.40. The number of carbonyl (C=O) groups is 2. The minimum absolute atomic E-state index is 0.137. The van der Waals surface area contributed by atoms with Crippen molar-refractivity contribution in [3.8, 4) is 0 Å². The number of carboxylic acids is 1. The number of carbonyl (C=O) groups excluding carboxylic acids is 1. The average molecular weight is 288 g/mol. The lowest BCUT2D eigenvalue weighted by Gasteiger charge is -2.37. The summed E-state index contributed by atoms with van der Waals surface area (Å²) in [6.07, 6.45) is 2.45. The minimum atomic E-state index is -0.926. The molecule has 112 valence electrons. The fourth-order valence-electron chi connectivity index (χ4n) is 3.05. The van der Waals surface area contributed by atoms with Gasteiger partial charge in [-0.05, 0) is 30.9 Å². The molecular weight excluding hydrogens is 268 g/mol. The molecule has 2 aliphatic rings. The first-order valence-electron chi connectivity index (χ1n) is 7.48. The van der Waals surface area contributed by atoms with Crippen molar-refractivity contribution < 1.29 is 14.7 Å². The molecule has 1 saturated carbocycles. The van der Waals surface area contributed by atoms with Crippen molar-refractivity contribution in [2.75, 3.05) is 6.54 Å². The van der Waals surface area contributed by atoms with Gasteiger partial charge in [0.2, 0.25) is 0 Å². The van der Waals surface area contributed by atoms with Crippen LogP contribution in [-0.2, 0) is 17.8 Å². The first-order chi connectivity index (χ1) is 10.1. The molecule has 0 spiro atoms. The number of hydrogen-bond donors (Lipinski definition) is 1. The molecule has 1 aliphatic heterocycles. The number of urea groups is 1. The molecule has 1 N–H and O–H groups in total. The van der Waals surface area contributed by atoms with Crippen LogP contribution >= 0.6 is 0 Å². The molecule has 0 bridgehead atoms. The van der Waals surface area contributed by atoms with Crippen LogP contribution in [-0.4, -0.2) is 45.5 Å². The molecule has 1 atom stereocenters. The number of benzene rings is 1. The van der Waals surface area contributed by atoms with Crippen LogP contribution < -0.4 is 0 Å². The Morgan fingerprint density at radius 1 is 1.29 bits per heavy atom. The zero-order chi connectivity index (χ0) is 15.0. The van der Waals surface area contributed by atoms with Crippen LogP contribution in [0.2, 0.25) is 0 Å². The van der Waals surface area contributed by atoms with Crippen molar-refractivity contribution in [3.05, 3.63) is 35.4 Å². The van der Waals surface area contributed by atoms with Crippen LogP contribution in [0.5, 0.6) is 0 Å². The second-order valence-corrected chi connectivity index (χ2v) is 5.75. The topological polar surface area (TPSA) is 60.9 Å². The van der Waals surface area contributed by atoms with Crippen molar-refractivity contribution in [3.63, 3.8) is 0 Å². The van der Waals surface area contributed by atoms with Crippen molar-refractivity contribution in [1.29, 1.82) is 0 Å². The molecule has 0 aromatic heterocycles. The summed E-state index contributed by atoms with van der Waals surface area (Å²) in [5, 5.41) is 9.48. The minimum Gasteiger partial charge on any atom is -0.480 e. The number of aliphatic carboxylic acids is 1. The van der Waals surface area contributed by atoms with Gasteiger partial charge in [-0.2, -0.15) is 0 Å². The van der Waals surface area contributed by atoms with E-state index in [1.165, 1.54) is 4.90 Å². The van der Waals surface area contributed by atoms with Gasteiger partial charge in [0.25, 0.3) is 0 Å². The van der Waals surface area contributed by atoms with E-state index in [1.54, 1.807) is 0 Å². The number of carboxylic acid groups (broad SMARTS) is 1. The number of rotatable bonds is 3. The van der Waals surface area contributed by atoms with Gasteiger partial charge in [-0.1, -0.05) is 24.3 Å². The van der Waals surface area contributed by atoms with Crippen LogP contribution in [0.4, 0.5) is 4.79 Å². The van der Waals surface area contributed by atoms with Gasteiger partial charge in [-0.25, -0.2) is 9.59 Å². The zero-order valence-electron chi connectivity index (χ0n) is 12.2. The molecule has 21 heavy (non-hydrogen) atoms. The highest BCUT2D eigenvalue weighted by Crippen LogP contribution is 2.30. The molecule has 1 aliphatic carbocycles. The molecule has 5 nitrogen and oxygen atoms in total. The summed E-state index contributed by atoms with van der Waals surface area (Å²) in [5.74, 6) is -0.926. The molecule has 1 fully saturated rings. The van der Waals surface area contributed by atoms with E-state index in [4.69, 9.17) is 0 Å². The summed E-state index contributed by atoms with van der Waals surface area (Å²) >= 11 is 0. The molecule has 3 rings (SSSR count). The van der Waals surface area contributed by atoms with E-state index < -0.39 is 12.0 Å². The smallest absolute Gasteiger partial charge is 0.326 e. The molecule has 0 radical (unpaired) electrons. The van der Waals surface area contributed by atoms with Gasteiger partial charge in [-0.3, -0.25) is 0 Å². The molecule has 1 heterocycles. The predicted molar refractivity (Wildman–Crippen MR) is 77.9 cm³/mol. The maximum absolute atomic E-state index is 12.7. The molecule has 0 saturated heterocycles.